The molecule has 1 heterocycles. The Morgan fingerprint density at radius 1 is 1.41 bits per heavy atom. The van der Waals surface area contributed by atoms with Gasteiger partial charge in [0.05, 0.1) is 5.60 Å². The molecule has 17 heavy (non-hydrogen) atoms. The van der Waals surface area contributed by atoms with Crippen LogP contribution in [0.15, 0.2) is 18.2 Å². The van der Waals surface area contributed by atoms with Crippen LogP contribution >= 0.6 is 11.6 Å². The van der Waals surface area contributed by atoms with Gasteiger partial charge in [0.2, 0.25) is 0 Å². The Labute approximate surface area is 108 Å². The standard InChI is InChI=1S/C14H20ClNO/c1-9(2)16-8-12(14(3,4)17)11-7-10(15)5-6-13(11)16/h5-7,9,12,17H,8H2,1-4H3. The van der Waals surface area contributed by atoms with Crippen LogP contribution < -0.4 is 4.90 Å². The molecule has 2 rings (SSSR count). The highest BCUT2D eigenvalue weighted by Gasteiger charge is 2.38. The second kappa shape index (κ2) is 4.18. The number of aliphatic hydroxyl groups is 1. The lowest BCUT2D eigenvalue weighted by molar-refractivity contribution is 0.0546. The van der Waals surface area contributed by atoms with Crippen molar-refractivity contribution >= 4 is 17.3 Å². The van der Waals surface area contributed by atoms with Crippen LogP contribution in [0.25, 0.3) is 0 Å². The third-order valence-electron chi connectivity index (χ3n) is 3.53. The van der Waals surface area contributed by atoms with Crippen LogP contribution in [0.4, 0.5) is 5.69 Å². The minimum Gasteiger partial charge on any atom is -0.390 e. The van der Waals surface area contributed by atoms with Crippen LogP contribution in [0, 0.1) is 0 Å². The summed E-state index contributed by atoms with van der Waals surface area (Å²) < 4.78 is 0. The molecule has 0 bridgehead atoms. The summed E-state index contributed by atoms with van der Waals surface area (Å²) in [5, 5.41) is 11.0. The third kappa shape index (κ3) is 2.29. The molecule has 1 aromatic rings. The Balaban J connectivity index is 2.49. The first-order valence-electron chi connectivity index (χ1n) is 6.09. The van der Waals surface area contributed by atoms with Gasteiger partial charge >= 0.3 is 0 Å². The maximum absolute atomic E-state index is 10.3. The lowest BCUT2D eigenvalue weighted by Gasteiger charge is -2.28. The van der Waals surface area contributed by atoms with Gasteiger partial charge in [-0.25, -0.2) is 0 Å². The van der Waals surface area contributed by atoms with Crippen molar-refractivity contribution in [2.24, 2.45) is 0 Å². The van der Waals surface area contributed by atoms with Crippen molar-refractivity contribution in [3.63, 3.8) is 0 Å². The fourth-order valence-corrected chi connectivity index (χ4v) is 2.73. The quantitative estimate of drug-likeness (QED) is 0.873. The van der Waals surface area contributed by atoms with Crippen LogP contribution in [0.2, 0.25) is 5.02 Å². The van der Waals surface area contributed by atoms with Crippen molar-refractivity contribution in [3.05, 3.63) is 28.8 Å². The highest BCUT2D eigenvalue weighted by molar-refractivity contribution is 6.30. The van der Waals surface area contributed by atoms with Crippen molar-refractivity contribution in [1.82, 2.24) is 0 Å². The molecule has 0 spiro atoms. The SMILES string of the molecule is CC(C)N1CC(C(C)(C)O)c2cc(Cl)ccc21. The topological polar surface area (TPSA) is 23.5 Å². The van der Waals surface area contributed by atoms with E-state index in [4.69, 9.17) is 11.6 Å². The van der Waals surface area contributed by atoms with Crippen LogP contribution in [-0.4, -0.2) is 23.3 Å². The first-order chi connectivity index (χ1) is 7.80. The zero-order valence-corrected chi connectivity index (χ0v) is 11.6. The van der Waals surface area contributed by atoms with Crippen molar-refractivity contribution in [2.75, 3.05) is 11.4 Å². The Hall–Kier alpha value is -0.730. The number of fused-ring (bicyclic) bond motifs is 1. The molecule has 0 aromatic heterocycles. The van der Waals surface area contributed by atoms with E-state index in [1.165, 1.54) is 11.3 Å². The van der Waals surface area contributed by atoms with E-state index in [1.54, 1.807) is 0 Å². The number of benzene rings is 1. The first-order valence-corrected chi connectivity index (χ1v) is 6.47. The molecule has 2 nitrogen and oxygen atoms in total. The first kappa shape index (κ1) is 12.7. The molecule has 0 saturated heterocycles. The minimum absolute atomic E-state index is 0.124. The number of hydrogen-bond donors (Lipinski definition) is 1. The molecule has 1 aromatic carbocycles. The van der Waals surface area contributed by atoms with Gasteiger partial charge in [0.15, 0.2) is 0 Å². The molecule has 94 valence electrons. The summed E-state index contributed by atoms with van der Waals surface area (Å²) in [5.74, 6) is 0.124. The van der Waals surface area contributed by atoms with E-state index in [1.807, 2.05) is 26.0 Å². The smallest absolute Gasteiger partial charge is 0.0677 e. The number of nitrogens with zero attached hydrogens (tertiary/aromatic N) is 1. The molecular formula is C14H20ClNO. The fourth-order valence-electron chi connectivity index (χ4n) is 2.55. The number of anilines is 1. The maximum atomic E-state index is 10.3. The summed E-state index contributed by atoms with van der Waals surface area (Å²) in [6, 6.07) is 6.40. The fraction of sp³-hybridized carbons (Fsp3) is 0.571. The van der Waals surface area contributed by atoms with E-state index in [0.29, 0.717) is 6.04 Å². The Kier molecular flexibility index (Phi) is 3.13. The molecule has 0 aliphatic carbocycles. The zero-order valence-electron chi connectivity index (χ0n) is 10.9. The highest BCUT2D eigenvalue weighted by Crippen LogP contribution is 2.43. The van der Waals surface area contributed by atoms with Crippen molar-refractivity contribution in [1.29, 1.82) is 0 Å². The third-order valence-corrected chi connectivity index (χ3v) is 3.76. The van der Waals surface area contributed by atoms with Gasteiger partial charge in [-0.3, -0.25) is 0 Å². The second-order valence-corrected chi connectivity index (χ2v) is 6.09. The largest absolute Gasteiger partial charge is 0.390 e. The molecule has 1 atom stereocenters. The molecular weight excluding hydrogens is 234 g/mol. The second-order valence-electron chi connectivity index (χ2n) is 5.66. The van der Waals surface area contributed by atoms with Crippen LogP contribution in [0.5, 0.6) is 0 Å². The Morgan fingerprint density at radius 3 is 2.59 bits per heavy atom. The molecule has 0 radical (unpaired) electrons. The van der Waals surface area contributed by atoms with Gasteiger partial charge in [0.1, 0.15) is 0 Å². The van der Waals surface area contributed by atoms with Gasteiger partial charge in [-0.15, -0.1) is 0 Å². The summed E-state index contributed by atoms with van der Waals surface area (Å²) in [6.45, 7) is 8.94. The van der Waals surface area contributed by atoms with Crippen molar-refractivity contribution in [2.45, 2.75) is 45.3 Å². The van der Waals surface area contributed by atoms with Gasteiger partial charge in [0, 0.05) is 29.2 Å². The molecule has 1 aliphatic rings. The van der Waals surface area contributed by atoms with E-state index in [0.717, 1.165) is 11.6 Å². The van der Waals surface area contributed by atoms with Crippen LogP contribution in [0.1, 0.15) is 39.2 Å². The molecule has 1 unspecified atom stereocenters. The van der Waals surface area contributed by atoms with E-state index in [9.17, 15) is 5.11 Å². The van der Waals surface area contributed by atoms with E-state index in [-0.39, 0.29) is 5.92 Å². The number of rotatable bonds is 2. The lowest BCUT2D eigenvalue weighted by Crippen LogP contribution is -2.36. The number of halogens is 1. The molecule has 0 amide bonds. The Morgan fingerprint density at radius 2 is 2.06 bits per heavy atom. The minimum atomic E-state index is -0.719. The lowest BCUT2D eigenvalue weighted by atomic mass is 9.86. The molecule has 3 heteroatoms. The zero-order chi connectivity index (χ0) is 12.8. The van der Waals surface area contributed by atoms with Gasteiger partial charge < -0.3 is 10.0 Å². The van der Waals surface area contributed by atoms with E-state index < -0.39 is 5.60 Å². The maximum Gasteiger partial charge on any atom is 0.0677 e. The van der Waals surface area contributed by atoms with Crippen molar-refractivity contribution < 1.29 is 5.11 Å². The average molecular weight is 254 g/mol. The summed E-state index contributed by atoms with van der Waals surface area (Å²) in [5.41, 5.74) is 1.65. The van der Waals surface area contributed by atoms with Gasteiger partial charge in [0.25, 0.3) is 0 Å². The predicted octanol–water partition coefficient (Wildman–Crippen LogP) is 3.42. The van der Waals surface area contributed by atoms with Crippen molar-refractivity contribution in [3.8, 4) is 0 Å². The average Bonchev–Trinajstić information content (AvgIpc) is 2.55. The van der Waals surface area contributed by atoms with Gasteiger partial charge in [-0.05, 0) is 51.5 Å². The predicted molar refractivity (Wildman–Crippen MR) is 73.0 cm³/mol. The molecule has 1 N–H and O–H groups in total. The summed E-state index contributed by atoms with van der Waals surface area (Å²) >= 11 is 6.07. The number of hydrogen-bond acceptors (Lipinski definition) is 2. The normalized spacial score (nSPS) is 19.9. The van der Waals surface area contributed by atoms with Crippen LogP contribution in [-0.2, 0) is 0 Å². The highest BCUT2D eigenvalue weighted by atomic mass is 35.5. The van der Waals surface area contributed by atoms with Gasteiger partial charge in [-0.2, -0.15) is 0 Å². The van der Waals surface area contributed by atoms with E-state index >= 15 is 0 Å². The summed E-state index contributed by atoms with van der Waals surface area (Å²) in [6.07, 6.45) is 0. The summed E-state index contributed by atoms with van der Waals surface area (Å²) in [7, 11) is 0. The molecule has 0 fully saturated rings. The summed E-state index contributed by atoms with van der Waals surface area (Å²) in [4.78, 5) is 2.33. The Bertz CT molecular complexity index is 423. The van der Waals surface area contributed by atoms with E-state index in [2.05, 4.69) is 24.8 Å². The molecule has 1 aliphatic heterocycles. The van der Waals surface area contributed by atoms with Gasteiger partial charge in [-0.1, -0.05) is 11.6 Å². The monoisotopic (exact) mass is 253 g/mol. The van der Waals surface area contributed by atoms with Crippen LogP contribution in [0.3, 0.4) is 0 Å². The molecule has 0 saturated carbocycles.